The van der Waals surface area contributed by atoms with Crippen molar-refractivity contribution < 1.29 is 0 Å². The Bertz CT molecular complexity index is 361. The van der Waals surface area contributed by atoms with Crippen molar-refractivity contribution in [1.29, 1.82) is 0 Å². The molecule has 0 fully saturated rings. The van der Waals surface area contributed by atoms with E-state index in [1.807, 2.05) is 0 Å². The van der Waals surface area contributed by atoms with Crippen LogP contribution in [0, 0.1) is 0 Å². The third-order valence-corrected chi connectivity index (χ3v) is 19.0. The van der Waals surface area contributed by atoms with Crippen LogP contribution in [0.1, 0.15) is 92.9 Å². The topological polar surface area (TPSA) is 24.7 Å². The summed E-state index contributed by atoms with van der Waals surface area (Å²) >= 11 is 0. The van der Waals surface area contributed by atoms with Crippen molar-refractivity contribution in [2.75, 3.05) is 13.1 Å². The van der Waals surface area contributed by atoms with Gasteiger partial charge in [0.2, 0.25) is 0 Å². The van der Waals surface area contributed by atoms with E-state index in [0.29, 0.717) is 0 Å². The van der Waals surface area contributed by atoms with Crippen LogP contribution >= 0.6 is 0 Å². The van der Waals surface area contributed by atoms with Crippen molar-refractivity contribution >= 4 is 22.2 Å². The molecule has 0 saturated carbocycles. The summed E-state index contributed by atoms with van der Waals surface area (Å²) in [5, 5.41) is 0. The van der Waals surface area contributed by atoms with E-state index in [2.05, 4.69) is 57.5 Å². The van der Waals surface area contributed by atoms with Crippen LogP contribution in [0.5, 0.6) is 0 Å². The minimum absolute atomic E-state index is 0.940. The van der Waals surface area contributed by atoms with Gasteiger partial charge in [-0.1, -0.05) is 128 Å². The summed E-state index contributed by atoms with van der Waals surface area (Å²) in [6.07, 6.45) is 10.7. The molecule has 172 valence electrons. The molecule has 0 N–H and O–H groups in total. The number of aliphatic imine (C=N–C) groups is 2. The van der Waals surface area contributed by atoms with Crippen LogP contribution < -0.4 is 0 Å². The normalized spacial score (nSPS) is 12.1. The molecule has 29 heavy (non-hydrogen) atoms. The molecule has 0 bridgehead atoms. The Hall–Kier alpha value is -0.186. The van der Waals surface area contributed by atoms with Gasteiger partial charge in [0.25, 0.3) is 0 Å². The van der Waals surface area contributed by atoms with Gasteiger partial charge in [0.15, 0.2) is 0 Å². The first-order valence-corrected chi connectivity index (χ1v) is 18.8. The van der Waals surface area contributed by atoms with E-state index in [9.17, 15) is 0 Å². The lowest BCUT2D eigenvalue weighted by Gasteiger charge is -2.31. The third-order valence-electron chi connectivity index (χ3n) is 6.78. The van der Waals surface area contributed by atoms with Crippen molar-refractivity contribution in [3.63, 3.8) is 0 Å². The van der Waals surface area contributed by atoms with Crippen molar-refractivity contribution in [3.05, 3.63) is 0 Å². The molecule has 0 radical (unpaired) electrons. The van der Waals surface area contributed by atoms with Crippen molar-refractivity contribution in [3.8, 4) is 0 Å². The van der Waals surface area contributed by atoms with Crippen molar-refractivity contribution in [1.82, 2.24) is 0 Å². The molecule has 0 spiro atoms. The number of rotatable bonds is 20. The molecule has 0 heterocycles. The van der Waals surface area contributed by atoms with E-state index >= 15 is 0 Å². The molecule has 2 nitrogen and oxygen atoms in total. The van der Waals surface area contributed by atoms with Gasteiger partial charge in [0.1, 0.15) is 0 Å². The van der Waals surface area contributed by atoms with Gasteiger partial charge in [-0.2, -0.15) is 0 Å². The molecule has 0 saturated heterocycles. The smallest absolute Gasteiger partial charge is 0.0892 e. The standard InChI is InChI=1S/C25H54N2Si2/c1-7-17-28(18-8-2,19-9-3)23-13-15-26-25-27-16-14-24-29(20-10-4,21-11-5)22-12-6/h7-24H2,1-6H3. The first kappa shape index (κ1) is 28.8. The highest BCUT2D eigenvalue weighted by atomic mass is 28.3. The second-order valence-electron chi connectivity index (χ2n) is 9.57. The molecule has 0 aliphatic heterocycles. The molecule has 0 aliphatic carbocycles. The maximum absolute atomic E-state index is 4.51. The Morgan fingerprint density at radius 2 is 0.724 bits per heavy atom. The van der Waals surface area contributed by atoms with Gasteiger partial charge in [-0.3, -0.25) is 0 Å². The largest absolute Gasteiger partial charge is 0.226 e. The van der Waals surface area contributed by atoms with Gasteiger partial charge >= 0.3 is 0 Å². The Morgan fingerprint density at radius 1 is 0.448 bits per heavy atom. The minimum atomic E-state index is -1.04. The van der Waals surface area contributed by atoms with Crippen molar-refractivity contribution in [2.45, 2.75) is 141 Å². The van der Waals surface area contributed by atoms with Crippen LogP contribution in [0.4, 0.5) is 0 Å². The van der Waals surface area contributed by atoms with Gasteiger partial charge in [-0.15, -0.1) is 0 Å². The van der Waals surface area contributed by atoms with Crippen LogP contribution in [-0.2, 0) is 0 Å². The fourth-order valence-electron chi connectivity index (χ4n) is 5.90. The molecule has 4 heteroatoms. The number of hydrogen-bond acceptors (Lipinski definition) is 2. The average Bonchev–Trinajstić information content (AvgIpc) is 2.68. The summed E-state index contributed by atoms with van der Waals surface area (Å²) in [6, 6.07) is 15.1. The van der Waals surface area contributed by atoms with Crippen molar-refractivity contribution in [2.24, 2.45) is 9.98 Å². The molecule has 0 aromatic heterocycles. The Morgan fingerprint density at radius 3 is 0.966 bits per heavy atom. The first-order valence-electron chi connectivity index (χ1n) is 13.2. The van der Waals surface area contributed by atoms with E-state index in [-0.39, 0.29) is 0 Å². The maximum Gasteiger partial charge on any atom is 0.0892 e. The van der Waals surface area contributed by atoms with Gasteiger partial charge < -0.3 is 0 Å². The molecule has 0 atom stereocenters. The zero-order chi connectivity index (χ0) is 21.8. The second kappa shape index (κ2) is 18.6. The van der Waals surface area contributed by atoms with Gasteiger partial charge in [0.05, 0.1) is 22.2 Å². The van der Waals surface area contributed by atoms with E-state index in [1.165, 1.54) is 99.7 Å². The summed E-state index contributed by atoms with van der Waals surface area (Å²) in [5.74, 6) is 0. The number of nitrogens with zero attached hydrogens (tertiary/aromatic N) is 2. The van der Waals surface area contributed by atoms with Gasteiger partial charge in [0, 0.05) is 13.1 Å². The Labute approximate surface area is 186 Å². The first-order chi connectivity index (χ1) is 14.1. The van der Waals surface area contributed by atoms with Crippen LogP contribution in [0.15, 0.2) is 9.98 Å². The predicted molar refractivity (Wildman–Crippen MR) is 141 cm³/mol. The van der Waals surface area contributed by atoms with Crippen LogP contribution in [0.25, 0.3) is 0 Å². The summed E-state index contributed by atoms with van der Waals surface area (Å²) in [7, 11) is -2.07. The summed E-state index contributed by atoms with van der Waals surface area (Å²) < 4.78 is 0. The Balaban J connectivity index is 4.39. The molecule has 0 aromatic carbocycles. The summed E-state index contributed by atoms with van der Waals surface area (Å²) in [6.45, 7) is 16.1. The lowest BCUT2D eigenvalue weighted by molar-refractivity contribution is 0.841. The molecule has 0 amide bonds. The molecule has 0 aromatic rings. The molecule has 0 aliphatic rings. The number of hydrogen-bond donors (Lipinski definition) is 0. The van der Waals surface area contributed by atoms with E-state index in [4.69, 9.17) is 0 Å². The predicted octanol–water partition coefficient (Wildman–Crippen LogP) is 9.30. The fraction of sp³-hybridized carbons (Fsp3) is 0.960. The highest BCUT2D eigenvalue weighted by molar-refractivity contribution is 6.80. The SMILES string of the molecule is CCC[Si](CCC)(CCC)CCCN=C=NCCC[Si](CCC)(CCC)CCC. The summed E-state index contributed by atoms with van der Waals surface area (Å²) in [4.78, 5) is 9.03. The lowest BCUT2D eigenvalue weighted by atomic mass is 10.5. The zero-order valence-electron chi connectivity index (χ0n) is 21.1. The molecular formula is C25H54N2Si2. The van der Waals surface area contributed by atoms with E-state index in [1.54, 1.807) is 0 Å². The van der Waals surface area contributed by atoms with Crippen LogP contribution in [-0.4, -0.2) is 35.2 Å². The summed E-state index contributed by atoms with van der Waals surface area (Å²) in [5.41, 5.74) is 0. The van der Waals surface area contributed by atoms with Gasteiger partial charge in [-0.05, 0) is 12.8 Å². The van der Waals surface area contributed by atoms with Crippen LogP contribution in [0.2, 0.25) is 48.4 Å². The minimum Gasteiger partial charge on any atom is -0.226 e. The van der Waals surface area contributed by atoms with Crippen LogP contribution in [0.3, 0.4) is 0 Å². The highest BCUT2D eigenvalue weighted by Gasteiger charge is 2.29. The van der Waals surface area contributed by atoms with E-state index in [0.717, 1.165) is 13.1 Å². The van der Waals surface area contributed by atoms with E-state index < -0.39 is 16.1 Å². The quantitative estimate of drug-likeness (QED) is 0.103. The third kappa shape index (κ3) is 13.0. The van der Waals surface area contributed by atoms with Gasteiger partial charge in [-0.25, -0.2) is 9.98 Å². The average molecular weight is 439 g/mol. The monoisotopic (exact) mass is 438 g/mol. The second-order valence-corrected chi connectivity index (χ2v) is 19.6. The zero-order valence-corrected chi connectivity index (χ0v) is 23.1. The molecule has 0 unspecified atom stereocenters. The fourth-order valence-corrected chi connectivity index (χ4v) is 17.1. The molecule has 0 rings (SSSR count). The lowest BCUT2D eigenvalue weighted by Crippen LogP contribution is -2.33. The molecular weight excluding hydrogens is 384 g/mol. The Kier molecular flexibility index (Phi) is 18.5. The maximum atomic E-state index is 4.51. The highest BCUT2D eigenvalue weighted by Crippen LogP contribution is 2.32.